The third-order valence-electron chi connectivity index (χ3n) is 7.21. The van der Waals surface area contributed by atoms with E-state index in [1.54, 1.807) is 31.3 Å². The Bertz CT molecular complexity index is 1500. The van der Waals surface area contributed by atoms with E-state index in [4.69, 9.17) is 5.26 Å². The smallest absolute Gasteiger partial charge is 0.406 e. The summed E-state index contributed by atoms with van der Waals surface area (Å²) in [5.41, 5.74) is 6.35. The van der Waals surface area contributed by atoms with Crippen molar-refractivity contribution in [1.29, 1.82) is 5.26 Å². The van der Waals surface area contributed by atoms with E-state index in [1.165, 1.54) is 46.6 Å². The minimum atomic E-state index is -4.81. The fourth-order valence-electron chi connectivity index (χ4n) is 5.11. The molecule has 2 aliphatic heterocycles. The lowest BCUT2D eigenvalue weighted by molar-refractivity contribution is -0.274. The summed E-state index contributed by atoms with van der Waals surface area (Å²) in [5, 5.41) is 22.7. The molecule has 0 spiro atoms. The highest BCUT2D eigenvalue weighted by Gasteiger charge is 2.37. The summed E-state index contributed by atoms with van der Waals surface area (Å²) in [6.07, 6.45) is -1.14. The second kappa shape index (κ2) is 13.8. The van der Waals surface area contributed by atoms with Crippen LogP contribution in [0, 0.1) is 23.2 Å². The number of hydrogen-bond acceptors (Lipinski definition) is 11. The molecule has 1 saturated carbocycles. The molecule has 3 aliphatic rings. The molecule has 0 radical (unpaired) electrons. The average molecular weight is 647 g/mol. The molecule has 44 heavy (non-hydrogen) atoms. The number of benzene rings is 1. The Kier molecular flexibility index (Phi) is 9.84. The standard InChI is InChI=1S/C28H29F3N8O3S2/c1-39(23(41)12-16-5-2-10-21(11-16)42-28(29,30)31)27-38-36-25(44-27)18-7-3-6-17(13-18)24-35-37-26(43-24)34-22(40)14-19-8-4-9-20(15-32)33-19/h2,4-5,8-11,17-18,26-27,37-38H,3,6-7,12-14H2,1H3,(H,34,40)/t17-,18?,26?,27?/m0/s1. The van der Waals surface area contributed by atoms with E-state index in [2.05, 4.69) is 36.1 Å². The number of carbonyl (C=O) groups excluding carboxylic acids is 2. The zero-order valence-electron chi connectivity index (χ0n) is 23.5. The number of hydrogen-bond donors (Lipinski definition) is 3. The second-order valence-corrected chi connectivity index (χ2v) is 12.7. The molecule has 3 heterocycles. The van der Waals surface area contributed by atoms with Gasteiger partial charge < -0.3 is 15.0 Å². The number of thioether (sulfide) groups is 2. The van der Waals surface area contributed by atoms with E-state index in [0.717, 1.165) is 35.8 Å². The number of rotatable bonds is 9. The van der Waals surface area contributed by atoms with Gasteiger partial charge in [0.25, 0.3) is 0 Å². The summed E-state index contributed by atoms with van der Waals surface area (Å²) in [6, 6.07) is 12.3. The molecule has 16 heteroatoms. The predicted octanol–water partition coefficient (Wildman–Crippen LogP) is 3.89. The Morgan fingerprint density at radius 2 is 1.82 bits per heavy atom. The Balaban J connectivity index is 1.08. The fourth-order valence-corrected chi connectivity index (χ4v) is 7.28. The quantitative estimate of drug-likeness (QED) is 0.370. The molecule has 1 fully saturated rings. The minimum absolute atomic E-state index is 0.0517. The van der Waals surface area contributed by atoms with E-state index in [0.29, 0.717) is 11.3 Å². The van der Waals surface area contributed by atoms with E-state index < -0.39 is 17.4 Å². The molecule has 3 unspecified atom stereocenters. The summed E-state index contributed by atoms with van der Waals surface area (Å²) >= 11 is 2.93. The highest BCUT2D eigenvalue weighted by Crippen LogP contribution is 2.39. The molecule has 0 bridgehead atoms. The Hall–Kier alpha value is -3.97. The molecule has 1 aromatic carbocycles. The van der Waals surface area contributed by atoms with Gasteiger partial charge in [-0.05, 0) is 49.1 Å². The average Bonchev–Trinajstić information content (AvgIpc) is 3.67. The van der Waals surface area contributed by atoms with Crippen LogP contribution in [0.1, 0.15) is 42.6 Å². The molecule has 2 aromatic rings. The molecular weight excluding hydrogens is 617 g/mol. The highest BCUT2D eigenvalue weighted by atomic mass is 32.2. The minimum Gasteiger partial charge on any atom is -0.406 e. The van der Waals surface area contributed by atoms with Crippen molar-refractivity contribution in [3.05, 3.63) is 59.4 Å². The van der Waals surface area contributed by atoms with Crippen molar-refractivity contribution < 1.29 is 27.5 Å². The number of alkyl halides is 3. The molecule has 1 aromatic heterocycles. The van der Waals surface area contributed by atoms with Crippen molar-refractivity contribution in [2.45, 2.75) is 55.9 Å². The van der Waals surface area contributed by atoms with Gasteiger partial charge >= 0.3 is 6.36 Å². The maximum atomic E-state index is 12.9. The summed E-state index contributed by atoms with van der Waals surface area (Å²) in [4.78, 5) is 31.1. The maximum Gasteiger partial charge on any atom is 0.573 e. The largest absolute Gasteiger partial charge is 0.573 e. The predicted molar refractivity (Wildman–Crippen MR) is 160 cm³/mol. The van der Waals surface area contributed by atoms with E-state index in [-0.39, 0.29) is 47.9 Å². The van der Waals surface area contributed by atoms with Gasteiger partial charge in [0, 0.05) is 18.9 Å². The van der Waals surface area contributed by atoms with Crippen molar-refractivity contribution in [3.63, 3.8) is 0 Å². The number of amides is 2. The summed E-state index contributed by atoms with van der Waals surface area (Å²) in [5.74, 6) is -0.516. The highest BCUT2D eigenvalue weighted by molar-refractivity contribution is 8.15. The number of pyridine rings is 1. The van der Waals surface area contributed by atoms with Crippen molar-refractivity contribution >= 4 is 45.4 Å². The molecule has 5 rings (SSSR count). The first-order valence-corrected chi connectivity index (χ1v) is 15.6. The lowest BCUT2D eigenvalue weighted by Gasteiger charge is -2.29. The topological polar surface area (TPSA) is 144 Å². The molecule has 2 amide bonds. The first kappa shape index (κ1) is 31.5. The molecule has 0 saturated heterocycles. The van der Waals surface area contributed by atoms with Gasteiger partial charge in [-0.3, -0.25) is 20.4 Å². The zero-order chi connectivity index (χ0) is 31.3. The van der Waals surface area contributed by atoms with Crippen molar-refractivity contribution in [1.82, 2.24) is 26.1 Å². The van der Waals surface area contributed by atoms with Crippen LogP contribution in [0.3, 0.4) is 0 Å². The van der Waals surface area contributed by atoms with Crippen molar-refractivity contribution in [2.24, 2.45) is 22.0 Å². The third kappa shape index (κ3) is 8.35. The van der Waals surface area contributed by atoms with Crippen molar-refractivity contribution in [3.8, 4) is 11.8 Å². The number of hydrazone groups is 2. The number of nitrogens with one attached hydrogen (secondary N) is 3. The Morgan fingerprint density at radius 1 is 1.09 bits per heavy atom. The first-order valence-electron chi connectivity index (χ1n) is 13.8. The molecule has 4 atom stereocenters. The fraction of sp³-hybridized carbons (Fsp3) is 0.429. The molecular formula is C28H29F3N8O3S2. The van der Waals surface area contributed by atoms with Crippen LogP contribution in [0.15, 0.2) is 52.7 Å². The van der Waals surface area contributed by atoms with Crippen LogP contribution < -0.4 is 20.9 Å². The number of likely N-dealkylation sites (N-methyl/N-ethyl adjacent to an activating group) is 1. The number of nitrogens with zero attached hydrogens (tertiary/aromatic N) is 5. The van der Waals surface area contributed by atoms with Gasteiger partial charge in [0.1, 0.15) is 27.6 Å². The number of aromatic nitrogens is 1. The summed E-state index contributed by atoms with van der Waals surface area (Å²) < 4.78 is 41.7. The van der Waals surface area contributed by atoms with Crippen molar-refractivity contribution in [2.75, 3.05) is 7.05 Å². The lowest BCUT2D eigenvalue weighted by atomic mass is 9.82. The van der Waals surface area contributed by atoms with Crippen LogP contribution in [0.4, 0.5) is 13.2 Å². The first-order chi connectivity index (χ1) is 21.1. The molecule has 11 nitrogen and oxygen atoms in total. The van der Waals surface area contributed by atoms with Crippen LogP contribution in [0.2, 0.25) is 0 Å². The van der Waals surface area contributed by atoms with Gasteiger partial charge in [-0.25, -0.2) is 4.98 Å². The van der Waals surface area contributed by atoms with Crippen LogP contribution in [-0.4, -0.2) is 56.2 Å². The zero-order valence-corrected chi connectivity index (χ0v) is 25.1. The van der Waals surface area contributed by atoms with Gasteiger partial charge in [0.2, 0.25) is 11.8 Å². The second-order valence-electron chi connectivity index (χ2n) is 10.4. The molecule has 232 valence electrons. The lowest BCUT2D eigenvalue weighted by Crippen LogP contribution is -2.41. The Morgan fingerprint density at radius 3 is 2.57 bits per heavy atom. The number of nitriles is 1. The van der Waals surface area contributed by atoms with Gasteiger partial charge in [-0.15, -0.1) is 13.2 Å². The van der Waals surface area contributed by atoms with Gasteiger partial charge in [0.05, 0.1) is 18.5 Å². The van der Waals surface area contributed by atoms with Gasteiger partial charge in [-0.1, -0.05) is 48.1 Å². The number of carbonyl (C=O) groups is 2. The SMILES string of the molecule is CN(C(=O)Cc1cccc(OC(F)(F)F)c1)C1NN=C(C2CCC[C@H](C3=NNC(NC(=O)Cc4cccc(C#N)n4)S3)C2)S1. The van der Waals surface area contributed by atoms with Crippen LogP contribution in [0.5, 0.6) is 5.75 Å². The third-order valence-corrected chi connectivity index (χ3v) is 9.64. The normalized spacial score (nSPS) is 23.0. The van der Waals surface area contributed by atoms with Gasteiger partial charge in [-0.2, -0.15) is 15.5 Å². The molecule has 1 aliphatic carbocycles. The monoisotopic (exact) mass is 646 g/mol. The summed E-state index contributed by atoms with van der Waals surface area (Å²) in [6.45, 7) is 0. The van der Waals surface area contributed by atoms with E-state index >= 15 is 0 Å². The van der Waals surface area contributed by atoms with Crippen LogP contribution in [0.25, 0.3) is 0 Å². The molecule has 3 N–H and O–H groups in total. The summed E-state index contributed by atoms with van der Waals surface area (Å²) in [7, 11) is 1.63. The number of ether oxygens (including phenoxy) is 1. The van der Waals surface area contributed by atoms with E-state index in [9.17, 15) is 22.8 Å². The maximum absolute atomic E-state index is 12.9. The van der Waals surface area contributed by atoms with Crippen LogP contribution in [-0.2, 0) is 22.4 Å². The van der Waals surface area contributed by atoms with E-state index in [1.807, 2.05) is 6.07 Å². The Labute approximate surface area is 260 Å². The number of halogens is 3. The van der Waals surface area contributed by atoms with Gasteiger partial charge in [0.15, 0.2) is 11.0 Å². The van der Waals surface area contributed by atoms with Crippen LogP contribution >= 0.6 is 23.5 Å².